The molecule has 0 radical (unpaired) electrons. The van der Waals surface area contributed by atoms with Gasteiger partial charge in [0.15, 0.2) is 5.15 Å². The minimum Gasteiger partial charge on any atom is -0.473 e. The molecule has 1 saturated heterocycles. The standard InChI is InChI=1S/C14H19BrClN3O3/c1-14(2,3)22-13(20)19-6-4-9(5-7-19)21-10-8-17-11(15)12(16)18-10/h8-9H,4-7H2,1-3H3. The third-order valence-electron chi connectivity index (χ3n) is 3.05. The number of nitrogens with zero attached hydrogens (tertiary/aromatic N) is 3. The lowest BCUT2D eigenvalue weighted by Gasteiger charge is -2.33. The van der Waals surface area contributed by atoms with Crippen molar-refractivity contribution in [2.75, 3.05) is 13.1 Å². The zero-order chi connectivity index (χ0) is 16.3. The number of carbonyl (C=O) groups excluding carboxylic acids is 1. The van der Waals surface area contributed by atoms with Crippen molar-refractivity contribution in [3.63, 3.8) is 0 Å². The molecule has 0 aliphatic carbocycles. The Bertz CT molecular complexity index is 543. The molecule has 6 nitrogen and oxygen atoms in total. The second kappa shape index (κ2) is 7.00. The number of likely N-dealkylation sites (tertiary alicyclic amines) is 1. The van der Waals surface area contributed by atoms with Crippen molar-refractivity contribution in [3.05, 3.63) is 16.0 Å². The lowest BCUT2D eigenvalue weighted by atomic mass is 10.1. The Labute approximate surface area is 143 Å². The van der Waals surface area contributed by atoms with Gasteiger partial charge in [-0.25, -0.2) is 9.78 Å². The van der Waals surface area contributed by atoms with Gasteiger partial charge in [-0.2, -0.15) is 4.98 Å². The summed E-state index contributed by atoms with van der Waals surface area (Å²) in [4.78, 5) is 21.8. The molecule has 0 N–H and O–H groups in total. The summed E-state index contributed by atoms with van der Waals surface area (Å²) < 4.78 is 11.6. The molecule has 2 heterocycles. The van der Waals surface area contributed by atoms with Gasteiger partial charge in [-0.3, -0.25) is 0 Å². The third-order valence-corrected chi connectivity index (χ3v) is 4.12. The van der Waals surface area contributed by atoms with Gasteiger partial charge in [0.05, 0.1) is 6.20 Å². The van der Waals surface area contributed by atoms with Crippen LogP contribution in [0.25, 0.3) is 0 Å². The molecule has 0 saturated carbocycles. The number of carbonyl (C=O) groups is 1. The number of halogens is 2. The van der Waals surface area contributed by atoms with Gasteiger partial charge < -0.3 is 14.4 Å². The van der Waals surface area contributed by atoms with Crippen molar-refractivity contribution in [2.24, 2.45) is 0 Å². The highest BCUT2D eigenvalue weighted by atomic mass is 79.9. The predicted octanol–water partition coefficient (Wildman–Crippen LogP) is 3.67. The van der Waals surface area contributed by atoms with E-state index in [1.54, 1.807) is 4.90 Å². The van der Waals surface area contributed by atoms with E-state index in [9.17, 15) is 4.79 Å². The van der Waals surface area contributed by atoms with Crippen LogP contribution < -0.4 is 4.74 Å². The van der Waals surface area contributed by atoms with Crippen LogP contribution in [0.3, 0.4) is 0 Å². The van der Waals surface area contributed by atoms with E-state index in [1.165, 1.54) is 6.20 Å². The average molecular weight is 393 g/mol. The van der Waals surface area contributed by atoms with Crippen LogP contribution in [0.5, 0.6) is 5.88 Å². The van der Waals surface area contributed by atoms with E-state index >= 15 is 0 Å². The molecule has 1 fully saturated rings. The van der Waals surface area contributed by atoms with Crippen LogP contribution in [0, 0.1) is 0 Å². The molecule has 0 atom stereocenters. The van der Waals surface area contributed by atoms with Crippen molar-refractivity contribution >= 4 is 33.6 Å². The molecule has 0 unspecified atom stereocenters. The first-order chi connectivity index (χ1) is 10.2. The molecule has 2 rings (SSSR count). The average Bonchev–Trinajstić information content (AvgIpc) is 2.42. The quantitative estimate of drug-likeness (QED) is 0.768. The highest BCUT2D eigenvalue weighted by Gasteiger charge is 2.27. The van der Waals surface area contributed by atoms with E-state index in [-0.39, 0.29) is 17.4 Å². The van der Waals surface area contributed by atoms with Gasteiger partial charge in [-0.15, -0.1) is 0 Å². The molecule has 122 valence electrons. The maximum absolute atomic E-state index is 12.0. The number of hydrogen-bond donors (Lipinski definition) is 0. The normalized spacial score (nSPS) is 16.5. The molecule has 0 bridgehead atoms. The molecule has 0 aromatic carbocycles. The van der Waals surface area contributed by atoms with Crippen molar-refractivity contribution in [1.82, 2.24) is 14.9 Å². The summed E-state index contributed by atoms with van der Waals surface area (Å²) in [5, 5.41) is 0.267. The Morgan fingerprint density at radius 1 is 1.41 bits per heavy atom. The number of amides is 1. The van der Waals surface area contributed by atoms with Gasteiger partial charge in [0.1, 0.15) is 16.3 Å². The van der Waals surface area contributed by atoms with Crippen molar-refractivity contribution in [1.29, 1.82) is 0 Å². The van der Waals surface area contributed by atoms with E-state index in [0.29, 0.717) is 36.4 Å². The van der Waals surface area contributed by atoms with Crippen molar-refractivity contribution < 1.29 is 14.3 Å². The third kappa shape index (κ3) is 4.98. The van der Waals surface area contributed by atoms with Crippen molar-refractivity contribution in [3.8, 4) is 5.88 Å². The largest absolute Gasteiger partial charge is 0.473 e. The fourth-order valence-electron chi connectivity index (χ4n) is 2.05. The van der Waals surface area contributed by atoms with Crippen LogP contribution in [0.4, 0.5) is 4.79 Å². The summed E-state index contributed by atoms with van der Waals surface area (Å²) in [7, 11) is 0. The van der Waals surface area contributed by atoms with Gasteiger partial charge in [-0.1, -0.05) is 11.6 Å². The fraction of sp³-hybridized carbons (Fsp3) is 0.643. The monoisotopic (exact) mass is 391 g/mol. The molecule has 1 aliphatic heterocycles. The summed E-state index contributed by atoms with van der Waals surface area (Å²) in [5.74, 6) is 0.393. The maximum Gasteiger partial charge on any atom is 0.410 e. The summed E-state index contributed by atoms with van der Waals surface area (Å²) >= 11 is 9.07. The van der Waals surface area contributed by atoms with Crippen LogP contribution in [-0.4, -0.2) is 45.8 Å². The van der Waals surface area contributed by atoms with Crippen LogP contribution in [-0.2, 0) is 4.74 Å². The number of aromatic nitrogens is 2. The summed E-state index contributed by atoms with van der Waals surface area (Å²) in [6, 6.07) is 0. The van der Waals surface area contributed by atoms with Crippen LogP contribution >= 0.6 is 27.5 Å². The van der Waals surface area contributed by atoms with Gasteiger partial charge in [0.2, 0.25) is 5.88 Å². The lowest BCUT2D eigenvalue weighted by molar-refractivity contribution is 0.0123. The van der Waals surface area contributed by atoms with Crippen LogP contribution in [0.1, 0.15) is 33.6 Å². The predicted molar refractivity (Wildman–Crippen MR) is 86.2 cm³/mol. The van der Waals surface area contributed by atoms with Gasteiger partial charge >= 0.3 is 6.09 Å². The molecule has 22 heavy (non-hydrogen) atoms. The Kier molecular flexibility index (Phi) is 5.50. The summed E-state index contributed by atoms with van der Waals surface area (Å²) in [6.07, 6.45) is 2.67. The van der Waals surface area contributed by atoms with E-state index in [4.69, 9.17) is 21.1 Å². The minimum absolute atomic E-state index is 0.00905. The topological polar surface area (TPSA) is 64.5 Å². The Balaban J connectivity index is 1.84. The summed E-state index contributed by atoms with van der Waals surface area (Å²) in [5.41, 5.74) is -0.478. The Morgan fingerprint density at radius 2 is 2.05 bits per heavy atom. The highest BCUT2D eigenvalue weighted by molar-refractivity contribution is 9.10. The van der Waals surface area contributed by atoms with E-state index in [1.807, 2.05) is 20.8 Å². The molecule has 1 aromatic heterocycles. The zero-order valence-electron chi connectivity index (χ0n) is 12.8. The number of ether oxygens (including phenoxy) is 2. The number of rotatable bonds is 2. The zero-order valence-corrected chi connectivity index (χ0v) is 15.1. The van der Waals surface area contributed by atoms with E-state index < -0.39 is 5.60 Å². The molecule has 8 heteroatoms. The first-order valence-corrected chi connectivity index (χ1v) is 8.24. The van der Waals surface area contributed by atoms with Gasteiger partial charge in [0, 0.05) is 25.9 Å². The van der Waals surface area contributed by atoms with Crippen LogP contribution in [0.2, 0.25) is 5.15 Å². The minimum atomic E-state index is -0.478. The Morgan fingerprint density at radius 3 is 2.59 bits per heavy atom. The second-order valence-electron chi connectivity index (χ2n) is 6.07. The molecule has 1 aliphatic rings. The van der Waals surface area contributed by atoms with Crippen molar-refractivity contribution in [2.45, 2.75) is 45.3 Å². The molecule has 1 amide bonds. The molecular formula is C14H19BrClN3O3. The Hall–Kier alpha value is -1.08. The number of piperidine rings is 1. The van der Waals surface area contributed by atoms with Crippen LogP contribution in [0.15, 0.2) is 10.8 Å². The van der Waals surface area contributed by atoms with E-state index in [2.05, 4.69) is 25.9 Å². The van der Waals surface area contributed by atoms with Gasteiger partial charge in [-0.05, 0) is 36.7 Å². The highest BCUT2D eigenvalue weighted by Crippen LogP contribution is 2.23. The lowest BCUT2D eigenvalue weighted by Crippen LogP contribution is -2.44. The smallest absolute Gasteiger partial charge is 0.410 e. The van der Waals surface area contributed by atoms with E-state index in [0.717, 1.165) is 0 Å². The first kappa shape index (κ1) is 17.3. The van der Waals surface area contributed by atoms with Gasteiger partial charge in [0.25, 0.3) is 0 Å². The SMILES string of the molecule is CC(C)(C)OC(=O)N1CCC(Oc2cnc(Br)c(Cl)n2)CC1. The maximum atomic E-state index is 12.0. The molecular weight excluding hydrogens is 374 g/mol. The second-order valence-corrected chi connectivity index (χ2v) is 7.18. The molecule has 1 aromatic rings. The first-order valence-electron chi connectivity index (χ1n) is 7.07. The molecule has 0 spiro atoms. The summed E-state index contributed by atoms with van der Waals surface area (Å²) in [6.45, 7) is 6.76. The number of hydrogen-bond acceptors (Lipinski definition) is 5. The fourth-order valence-corrected chi connectivity index (χ4v) is 2.37.